The molecule has 136 valence electrons. The van der Waals surface area contributed by atoms with Gasteiger partial charge in [-0.05, 0) is 18.1 Å². The first-order chi connectivity index (χ1) is 12.2. The Morgan fingerprint density at radius 1 is 1.36 bits per heavy atom. The zero-order valence-corrected chi connectivity index (χ0v) is 15.2. The smallest absolute Gasteiger partial charge is 0.216 e. The van der Waals surface area contributed by atoms with Gasteiger partial charge in [-0.2, -0.15) is 0 Å². The number of aromatic amines is 1. The minimum absolute atomic E-state index is 0.548. The topological polar surface area (TPSA) is 85.6 Å². The lowest BCUT2D eigenvalue weighted by Crippen LogP contribution is -2.52. The molecule has 8 nitrogen and oxygen atoms in total. The van der Waals surface area contributed by atoms with E-state index in [1.165, 1.54) is 0 Å². The molecule has 1 aliphatic heterocycles. The van der Waals surface area contributed by atoms with E-state index in [4.69, 9.17) is 4.42 Å². The van der Waals surface area contributed by atoms with Gasteiger partial charge in [0.15, 0.2) is 11.7 Å². The fourth-order valence-corrected chi connectivity index (χ4v) is 3.04. The second kappa shape index (κ2) is 8.15. The molecular weight excluding hydrogens is 318 g/mol. The minimum Gasteiger partial charge on any atom is -0.461 e. The van der Waals surface area contributed by atoms with E-state index >= 15 is 0 Å². The Morgan fingerprint density at radius 2 is 2.16 bits per heavy atom. The van der Waals surface area contributed by atoms with Gasteiger partial charge in [-0.15, -0.1) is 5.10 Å². The number of piperazine rings is 1. The van der Waals surface area contributed by atoms with Crippen LogP contribution in [0.2, 0.25) is 0 Å². The van der Waals surface area contributed by atoms with Gasteiger partial charge >= 0.3 is 0 Å². The number of aromatic nitrogens is 3. The summed E-state index contributed by atoms with van der Waals surface area (Å²) in [5.41, 5.74) is 0. The van der Waals surface area contributed by atoms with Gasteiger partial charge in [-0.1, -0.05) is 13.8 Å². The predicted octanol–water partition coefficient (Wildman–Crippen LogP) is 1.41. The number of H-pyrrole nitrogens is 1. The summed E-state index contributed by atoms with van der Waals surface area (Å²) < 4.78 is 5.31. The predicted molar refractivity (Wildman–Crippen MR) is 97.1 cm³/mol. The Kier molecular flexibility index (Phi) is 5.70. The quantitative estimate of drug-likeness (QED) is 0.630. The minimum atomic E-state index is 0.548. The molecule has 0 atom stereocenters. The third kappa shape index (κ3) is 4.60. The molecule has 1 aliphatic rings. The third-order valence-corrected chi connectivity index (χ3v) is 4.19. The number of guanidine groups is 1. The Hall–Kier alpha value is -2.35. The molecule has 0 aliphatic carbocycles. The van der Waals surface area contributed by atoms with Crippen molar-refractivity contribution in [3.8, 4) is 11.6 Å². The van der Waals surface area contributed by atoms with Crippen molar-refractivity contribution < 1.29 is 4.42 Å². The van der Waals surface area contributed by atoms with Crippen LogP contribution in [0.5, 0.6) is 0 Å². The molecule has 0 spiro atoms. The van der Waals surface area contributed by atoms with Crippen molar-refractivity contribution in [2.45, 2.75) is 20.4 Å². The number of hydrogen-bond donors (Lipinski definition) is 2. The highest BCUT2D eigenvalue weighted by atomic mass is 16.3. The van der Waals surface area contributed by atoms with Crippen LogP contribution >= 0.6 is 0 Å². The van der Waals surface area contributed by atoms with E-state index in [-0.39, 0.29) is 0 Å². The summed E-state index contributed by atoms with van der Waals surface area (Å²) in [4.78, 5) is 13.7. The van der Waals surface area contributed by atoms with Gasteiger partial charge < -0.3 is 14.6 Å². The summed E-state index contributed by atoms with van der Waals surface area (Å²) in [7, 11) is 1.82. The first kappa shape index (κ1) is 17.5. The molecule has 25 heavy (non-hydrogen) atoms. The van der Waals surface area contributed by atoms with E-state index in [0.717, 1.165) is 44.5 Å². The van der Waals surface area contributed by atoms with Crippen LogP contribution in [0.3, 0.4) is 0 Å². The van der Waals surface area contributed by atoms with E-state index in [1.807, 2.05) is 19.2 Å². The summed E-state index contributed by atoms with van der Waals surface area (Å²) >= 11 is 0. The SMILES string of the molecule is CN=C(NCc1nc(-c2ccco2)n[nH]1)N1CCN(CC(C)C)CC1. The van der Waals surface area contributed by atoms with Crippen molar-refractivity contribution in [2.24, 2.45) is 10.9 Å². The number of furan rings is 1. The number of nitrogens with zero attached hydrogens (tertiary/aromatic N) is 5. The Morgan fingerprint density at radius 3 is 2.80 bits per heavy atom. The van der Waals surface area contributed by atoms with Gasteiger partial charge in [0.1, 0.15) is 5.82 Å². The summed E-state index contributed by atoms with van der Waals surface area (Å²) in [5, 5.41) is 10.5. The monoisotopic (exact) mass is 345 g/mol. The van der Waals surface area contributed by atoms with Crippen molar-refractivity contribution in [1.82, 2.24) is 30.3 Å². The van der Waals surface area contributed by atoms with Crippen LogP contribution in [-0.2, 0) is 6.54 Å². The van der Waals surface area contributed by atoms with Crippen LogP contribution in [0.25, 0.3) is 11.6 Å². The van der Waals surface area contributed by atoms with E-state index in [1.54, 1.807) is 6.26 Å². The van der Waals surface area contributed by atoms with Gasteiger partial charge in [-0.3, -0.25) is 15.0 Å². The maximum atomic E-state index is 5.31. The zero-order chi connectivity index (χ0) is 17.6. The molecule has 0 radical (unpaired) electrons. The number of rotatable bonds is 5. The molecule has 0 unspecified atom stereocenters. The van der Waals surface area contributed by atoms with Crippen LogP contribution in [0.4, 0.5) is 0 Å². The van der Waals surface area contributed by atoms with Gasteiger partial charge in [0.25, 0.3) is 0 Å². The summed E-state index contributed by atoms with van der Waals surface area (Å²) in [5.74, 6) is 3.59. The third-order valence-electron chi connectivity index (χ3n) is 4.19. The average molecular weight is 345 g/mol. The van der Waals surface area contributed by atoms with E-state index < -0.39 is 0 Å². The lowest BCUT2D eigenvalue weighted by Gasteiger charge is -2.37. The van der Waals surface area contributed by atoms with Gasteiger partial charge in [0.2, 0.25) is 5.82 Å². The molecule has 8 heteroatoms. The van der Waals surface area contributed by atoms with Crippen molar-refractivity contribution in [3.05, 3.63) is 24.2 Å². The molecule has 2 aromatic heterocycles. The van der Waals surface area contributed by atoms with Crippen molar-refractivity contribution in [3.63, 3.8) is 0 Å². The Bertz CT molecular complexity index is 669. The molecule has 3 rings (SSSR count). The van der Waals surface area contributed by atoms with E-state index in [9.17, 15) is 0 Å². The maximum Gasteiger partial charge on any atom is 0.216 e. The molecule has 0 bridgehead atoms. The Labute approximate surface area is 148 Å². The molecular formula is C17H27N7O. The molecule has 0 amide bonds. The molecule has 3 heterocycles. The van der Waals surface area contributed by atoms with E-state index in [2.05, 4.69) is 49.1 Å². The first-order valence-corrected chi connectivity index (χ1v) is 8.79. The van der Waals surface area contributed by atoms with Crippen molar-refractivity contribution in [1.29, 1.82) is 0 Å². The average Bonchev–Trinajstić information content (AvgIpc) is 3.27. The maximum absolute atomic E-state index is 5.31. The summed E-state index contributed by atoms with van der Waals surface area (Å²) in [6.45, 7) is 10.4. The summed E-state index contributed by atoms with van der Waals surface area (Å²) in [6, 6.07) is 3.67. The molecule has 0 aromatic carbocycles. The molecule has 1 saturated heterocycles. The largest absolute Gasteiger partial charge is 0.461 e. The van der Waals surface area contributed by atoms with Gasteiger partial charge in [0.05, 0.1) is 12.8 Å². The standard InChI is InChI=1S/C17H27N7O/c1-13(2)12-23-6-8-24(9-7-23)17(18-3)19-11-15-20-16(22-21-15)14-5-4-10-25-14/h4-5,10,13H,6-9,11-12H2,1-3H3,(H,18,19)(H,20,21,22). The highest BCUT2D eigenvalue weighted by Gasteiger charge is 2.20. The normalized spacial score (nSPS) is 16.6. The van der Waals surface area contributed by atoms with Crippen molar-refractivity contribution >= 4 is 5.96 Å². The van der Waals surface area contributed by atoms with Crippen molar-refractivity contribution in [2.75, 3.05) is 39.8 Å². The second-order valence-electron chi connectivity index (χ2n) is 6.67. The highest BCUT2D eigenvalue weighted by Crippen LogP contribution is 2.14. The van der Waals surface area contributed by atoms with Crippen LogP contribution in [0, 0.1) is 5.92 Å². The zero-order valence-electron chi connectivity index (χ0n) is 15.2. The van der Waals surface area contributed by atoms with Crippen LogP contribution in [-0.4, -0.2) is 70.7 Å². The lowest BCUT2D eigenvalue weighted by atomic mass is 10.2. The lowest BCUT2D eigenvalue weighted by molar-refractivity contribution is 0.164. The van der Waals surface area contributed by atoms with E-state index in [0.29, 0.717) is 24.0 Å². The van der Waals surface area contributed by atoms with Crippen LogP contribution < -0.4 is 5.32 Å². The molecule has 1 fully saturated rings. The number of aliphatic imine (C=N–C) groups is 1. The highest BCUT2D eigenvalue weighted by molar-refractivity contribution is 5.79. The van der Waals surface area contributed by atoms with Gasteiger partial charge in [0, 0.05) is 39.8 Å². The molecule has 2 N–H and O–H groups in total. The van der Waals surface area contributed by atoms with Gasteiger partial charge in [-0.25, -0.2) is 4.98 Å². The first-order valence-electron chi connectivity index (χ1n) is 8.79. The summed E-state index contributed by atoms with van der Waals surface area (Å²) in [6.07, 6.45) is 1.62. The Balaban J connectivity index is 1.50. The second-order valence-corrected chi connectivity index (χ2v) is 6.67. The molecule has 2 aromatic rings. The molecule has 0 saturated carbocycles. The fourth-order valence-electron chi connectivity index (χ4n) is 3.04. The van der Waals surface area contributed by atoms with Crippen LogP contribution in [0.15, 0.2) is 27.8 Å². The number of hydrogen-bond acceptors (Lipinski definition) is 5. The van der Waals surface area contributed by atoms with Crippen LogP contribution in [0.1, 0.15) is 19.7 Å². The fraction of sp³-hybridized carbons (Fsp3) is 0.588. The number of nitrogens with one attached hydrogen (secondary N) is 2.